The van der Waals surface area contributed by atoms with Crippen molar-refractivity contribution in [2.24, 2.45) is 5.92 Å². The third-order valence-electron chi connectivity index (χ3n) is 3.94. The summed E-state index contributed by atoms with van der Waals surface area (Å²) in [5, 5.41) is 4.86. The Morgan fingerprint density at radius 3 is 3.00 bits per heavy atom. The van der Waals surface area contributed by atoms with Crippen LogP contribution in [0.15, 0.2) is 18.2 Å². The third kappa shape index (κ3) is 2.15. The molecule has 108 valence electrons. The van der Waals surface area contributed by atoms with Gasteiger partial charge >= 0.3 is 0 Å². The van der Waals surface area contributed by atoms with Gasteiger partial charge in [-0.1, -0.05) is 37.6 Å². The minimum Gasteiger partial charge on any atom is -0.466 e. The van der Waals surface area contributed by atoms with Crippen LogP contribution in [0.2, 0.25) is 5.02 Å². The molecule has 1 N–H and O–H groups in total. The van der Waals surface area contributed by atoms with E-state index in [1.807, 2.05) is 12.1 Å². The van der Waals surface area contributed by atoms with Crippen molar-refractivity contribution < 1.29 is 4.74 Å². The first-order valence-electron chi connectivity index (χ1n) is 6.96. The molecular weight excluding hydrogens is 292 g/mol. The number of nitrogens with zero attached hydrogens (tertiary/aromatic N) is 1. The summed E-state index contributed by atoms with van der Waals surface area (Å²) in [6.45, 7) is 7.33. The molecule has 0 radical (unpaired) electrons. The van der Waals surface area contributed by atoms with Crippen LogP contribution in [-0.2, 0) is 0 Å². The van der Waals surface area contributed by atoms with Gasteiger partial charge in [-0.15, -0.1) is 0 Å². The quantitative estimate of drug-likeness (QED) is 0.841. The summed E-state index contributed by atoms with van der Waals surface area (Å²) in [6.07, 6.45) is 0.868. The Morgan fingerprint density at radius 2 is 2.30 bits per heavy atom. The van der Waals surface area contributed by atoms with Gasteiger partial charge in [0.25, 0.3) is 0 Å². The maximum Gasteiger partial charge on any atom is 0.184 e. The number of para-hydroxylation sites is 1. The van der Waals surface area contributed by atoms with Crippen molar-refractivity contribution >= 4 is 28.9 Å². The first-order chi connectivity index (χ1) is 9.40. The van der Waals surface area contributed by atoms with E-state index in [4.69, 9.17) is 28.6 Å². The maximum atomic E-state index is 6.30. The molecule has 0 spiro atoms. The number of hydrogen-bond acceptors (Lipinski definition) is 2. The van der Waals surface area contributed by atoms with E-state index in [-0.39, 0.29) is 6.04 Å². The van der Waals surface area contributed by atoms with Gasteiger partial charge < -0.3 is 15.0 Å². The lowest BCUT2D eigenvalue weighted by atomic mass is 9.90. The normalized spacial score (nSPS) is 27.9. The predicted molar refractivity (Wildman–Crippen MR) is 85.1 cm³/mol. The van der Waals surface area contributed by atoms with Crippen LogP contribution in [0, 0.1) is 5.92 Å². The van der Waals surface area contributed by atoms with Gasteiger partial charge in [0.2, 0.25) is 0 Å². The molecule has 2 aliphatic heterocycles. The van der Waals surface area contributed by atoms with Crippen molar-refractivity contribution in [3.8, 4) is 5.75 Å². The molecule has 5 heteroatoms. The Labute approximate surface area is 130 Å². The summed E-state index contributed by atoms with van der Waals surface area (Å²) in [6, 6.07) is 6.06. The third-order valence-corrected chi connectivity index (χ3v) is 4.58. The van der Waals surface area contributed by atoms with E-state index in [1.165, 1.54) is 0 Å². The van der Waals surface area contributed by atoms with Gasteiger partial charge in [0.1, 0.15) is 5.75 Å². The van der Waals surface area contributed by atoms with E-state index in [2.05, 4.69) is 37.1 Å². The molecule has 2 atom stereocenters. The zero-order valence-electron chi connectivity index (χ0n) is 11.9. The zero-order valence-corrected chi connectivity index (χ0v) is 13.5. The molecule has 3 nitrogen and oxygen atoms in total. The Bertz CT molecular complexity index is 563. The van der Waals surface area contributed by atoms with Crippen LogP contribution in [0.3, 0.4) is 0 Å². The van der Waals surface area contributed by atoms with Crippen molar-refractivity contribution in [3.63, 3.8) is 0 Å². The number of fused-ring (bicyclic) bond motifs is 4. The van der Waals surface area contributed by atoms with Crippen LogP contribution in [0.25, 0.3) is 0 Å². The Balaban J connectivity index is 2.03. The molecule has 2 unspecified atom stereocenters. The molecule has 0 saturated carbocycles. The minimum absolute atomic E-state index is 0.179. The first-order valence-corrected chi connectivity index (χ1v) is 7.75. The fourth-order valence-corrected chi connectivity index (χ4v) is 3.67. The van der Waals surface area contributed by atoms with Crippen molar-refractivity contribution in [2.45, 2.75) is 39.0 Å². The molecule has 2 bridgehead atoms. The number of halogens is 1. The molecule has 2 heterocycles. The van der Waals surface area contributed by atoms with Gasteiger partial charge in [-0.05, 0) is 31.1 Å². The lowest BCUT2D eigenvalue weighted by molar-refractivity contribution is -0.0720. The standard InChI is InChI=1S/C15H19ClN2OS/c1-9(2)8-18-14(20)17-12-7-15(18,3)19-13-10(12)5-4-6-11(13)16/h4-6,9,12H,7-8H2,1-3H3,(H,17,20). The molecular formula is C15H19ClN2OS. The molecule has 20 heavy (non-hydrogen) atoms. The Morgan fingerprint density at radius 1 is 1.55 bits per heavy atom. The average molecular weight is 311 g/mol. The predicted octanol–water partition coefficient (Wildman–Crippen LogP) is 3.73. The van der Waals surface area contributed by atoms with Crippen LogP contribution < -0.4 is 10.1 Å². The van der Waals surface area contributed by atoms with E-state index in [9.17, 15) is 0 Å². The lowest BCUT2D eigenvalue weighted by Crippen LogP contribution is -2.65. The highest BCUT2D eigenvalue weighted by atomic mass is 35.5. The molecule has 3 rings (SSSR count). The van der Waals surface area contributed by atoms with Gasteiger partial charge in [0.05, 0.1) is 11.1 Å². The molecule has 0 amide bonds. The Kier molecular flexibility index (Phi) is 3.33. The fourth-order valence-electron chi connectivity index (χ4n) is 3.03. The number of hydrogen-bond donors (Lipinski definition) is 1. The summed E-state index contributed by atoms with van der Waals surface area (Å²) in [7, 11) is 0. The Hall–Kier alpha value is -1.00. The zero-order chi connectivity index (χ0) is 14.5. The highest BCUT2D eigenvalue weighted by Crippen LogP contribution is 2.46. The number of nitrogens with one attached hydrogen (secondary N) is 1. The number of rotatable bonds is 2. The molecule has 0 aromatic heterocycles. The number of benzene rings is 1. The summed E-state index contributed by atoms with van der Waals surface area (Å²) >= 11 is 11.8. The highest BCUT2D eigenvalue weighted by molar-refractivity contribution is 7.80. The second kappa shape index (κ2) is 4.78. The van der Waals surface area contributed by atoms with Gasteiger partial charge in [0.15, 0.2) is 10.8 Å². The molecule has 1 saturated heterocycles. The molecule has 1 aromatic rings. The molecule has 1 fully saturated rings. The van der Waals surface area contributed by atoms with E-state index in [0.717, 1.165) is 29.4 Å². The van der Waals surface area contributed by atoms with E-state index < -0.39 is 5.72 Å². The summed E-state index contributed by atoms with van der Waals surface area (Å²) in [5.41, 5.74) is 0.677. The average Bonchev–Trinajstić information content (AvgIpc) is 2.36. The van der Waals surface area contributed by atoms with Gasteiger partial charge in [0, 0.05) is 18.5 Å². The van der Waals surface area contributed by atoms with Crippen molar-refractivity contribution in [3.05, 3.63) is 28.8 Å². The lowest BCUT2D eigenvalue weighted by Gasteiger charge is -2.52. The SMILES string of the molecule is CC(C)CN1C(=S)NC2CC1(C)Oc1c(Cl)cccc12. The van der Waals surface area contributed by atoms with Crippen molar-refractivity contribution in [2.75, 3.05) is 6.54 Å². The van der Waals surface area contributed by atoms with Gasteiger partial charge in [-0.3, -0.25) is 0 Å². The number of ether oxygens (including phenoxy) is 1. The van der Waals surface area contributed by atoms with Crippen LogP contribution in [0.1, 0.15) is 38.8 Å². The van der Waals surface area contributed by atoms with Crippen LogP contribution in [-0.4, -0.2) is 22.3 Å². The van der Waals surface area contributed by atoms with Crippen LogP contribution >= 0.6 is 23.8 Å². The second-order valence-electron chi connectivity index (χ2n) is 6.15. The fraction of sp³-hybridized carbons (Fsp3) is 0.533. The summed E-state index contributed by atoms with van der Waals surface area (Å²) in [5.74, 6) is 1.30. The van der Waals surface area contributed by atoms with E-state index in [0.29, 0.717) is 10.9 Å². The van der Waals surface area contributed by atoms with Crippen LogP contribution in [0.4, 0.5) is 0 Å². The molecule has 2 aliphatic rings. The highest BCUT2D eigenvalue weighted by Gasteiger charge is 2.47. The largest absolute Gasteiger partial charge is 0.466 e. The van der Waals surface area contributed by atoms with Crippen molar-refractivity contribution in [1.29, 1.82) is 0 Å². The van der Waals surface area contributed by atoms with Crippen molar-refractivity contribution in [1.82, 2.24) is 10.2 Å². The monoisotopic (exact) mass is 310 g/mol. The second-order valence-corrected chi connectivity index (χ2v) is 6.94. The first kappa shape index (κ1) is 14.0. The van der Waals surface area contributed by atoms with E-state index >= 15 is 0 Å². The summed E-state index contributed by atoms with van der Waals surface area (Å²) < 4.78 is 6.27. The van der Waals surface area contributed by atoms with Gasteiger partial charge in [-0.25, -0.2) is 0 Å². The van der Waals surface area contributed by atoms with Gasteiger partial charge in [-0.2, -0.15) is 0 Å². The molecule has 1 aromatic carbocycles. The number of thiocarbonyl (C=S) groups is 1. The summed E-state index contributed by atoms with van der Waals surface area (Å²) in [4.78, 5) is 2.15. The smallest absolute Gasteiger partial charge is 0.184 e. The minimum atomic E-state index is -0.421. The maximum absolute atomic E-state index is 6.30. The molecule has 0 aliphatic carbocycles. The van der Waals surface area contributed by atoms with E-state index in [1.54, 1.807) is 0 Å². The van der Waals surface area contributed by atoms with Crippen LogP contribution in [0.5, 0.6) is 5.75 Å². The topological polar surface area (TPSA) is 24.5 Å².